The Kier molecular flexibility index (Phi) is 8.03. The Morgan fingerprint density at radius 2 is 1.79 bits per heavy atom. The van der Waals surface area contributed by atoms with E-state index in [2.05, 4.69) is 32.4 Å². The van der Waals surface area contributed by atoms with E-state index >= 15 is 0 Å². The first-order valence-electron chi connectivity index (χ1n) is 11.4. The molecule has 1 saturated carbocycles. The summed E-state index contributed by atoms with van der Waals surface area (Å²) in [6, 6.07) is 12.3. The first kappa shape index (κ1) is 23.8. The Labute approximate surface area is 203 Å². The molecule has 1 amide bonds. The summed E-state index contributed by atoms with van der Waals surface area (Å²) in [5.41, 5.74) is 2.87. The van der Waals surface area contributed by atoms with Crippen LogP contribution in [0.4, 0.5) is 0 Å². The maximum Gasteiger partial charge on any atom is 0.230 e. The SMILES string of the molecule is Cc1cc(C)nc(SCc2nnc(SCC(=O)N[C@H]3CCCC[C@H]3C)n2-c2ccccc2)n1. The average molecular weight is 483 g/mol. The lowest BCUT2D eigenvalue weighted by atomic mass is 9.86. The molecule has 1 N–H and O–H groups in total. The van der Waals surface area contributed by atoms with Gasteiger partial charge in [-0.25, -0.2) is 9.97 Å². The number of hydrogen-bond acceptors (Lipinski definition) is 7. The summed E-state index contributed by atoms with van der Waals surface area (Å²) < 4.78 is 2.02. The van der Waals surface area contributed by atoms with Gasteiger partial charge in [-0.05, 0) is 50.8 Å². The van der Waals surface area contributed by atoms with Crippen LogP contribution in [0.3, 0.4) is 0 Å². The zero-order chi connectivity index (χ0) is 23.2. The third-order valence-corrected chi connectivity index (χ3v) is 7.57. The van der Waals surface area contributed by atoms with Gasteiger partial charge in [0.15, 0.2) is 10.3 Å². The minimum absolute atomic E-state index is 0.0564. The molecule has 1 aliphatic carbocycles. The second kappa shape index (κ2) is 11.2. The highest BCUT2D eigenvalue weighted by Crippen LogP contribution is 2.27. The van der Waals surface area contributed by atoms with Crippen molar-refractivity contribution in [3.63, 3.8) is 0 Å². The smallest absolute Gasteiger partial charge is 0.230 e. The number of benzene rings is 1. The number of carbonyl (C=O) groups excluding carboxylic acids is 1. The zero-order valence-electron chi connectivity index (χ0n) is 19.3. The number of aryl methyl sites for hydroxylation is 2. The van der Waals surface area contributed by atoms with E-state index < -0.39 is 0 Å². The molecule has 0 saturated heterocycles. The number of hydrogen-bond donors (Lipinski definition) is 1. The summed E-state index contributed by atoms with van der Waals surface area (Å²) in [7, 11) is 0. The molecule has 0 bridgehead atoms. The van der Waals surface area contributed by atoms with E-state index in [1.807, 2.05) is 54.8 Å². The van der Waals surface area contributed by atoms with Gasteiger partial charge in [0.2, 0.25) is 5.91 Å². The maximum atomic E-state index is 12.6. The lowest BCUT2D eigenvalue weighted by Crippen LogP contribution is -2.41. The number of nitrogens with one attached hydrogen (secondary N) is 1. The van der Waals surface area contributed by atoms with Gasteiger partial charge in [-0.1, -0.05) is 61.5 Å². The molecule has 9 heteroatoms. The normalized spacial score (nSPS) is 18.3. The van der Waals surface area contributed by atoms with Crippen LogP contribution in [0.15, 0.2) is 46.7 Å². The van der Waals surface area contributed by atoms with E-state index in [-0.39, 0.29) is 11.9 Å². The fraction of sp³-hybridized carbons (Fsp3) is 0.458. The Hall–Kier alpha value is -2.39. The summed E-state index contributed by atoms with van der Waals surface area (Å²) in [4.78, 5) is 21.7. The standard InChI is InChI=1S/C24H30N6OS2/c1-16-9-7-8-12-20(16)27-22(31)15-33-24-29-28-21(30(24)19-10-5-4-6-11-19)14-32-23-25-17(2)13-18(3)26-23/h4-6,10-11,13,16,20H,7-9,12,14-15H2,1-3H3,(H,27,31)/t16-,20+/m1/s1. The molecule has 2 heterocycles. The Balaban J connectivity index is 1.47. The van der Waals surface area contributed by atoms with Gasteiger partial charge in [0.05, 0.1) is 11.5 Å². The van der Waals surface area contributed by atoms with Gasteiger partial charge in [0.25, 0.3) is 0 Å². The van der Waals surface area contributed by atoms with Crippen LogP contribution < -0.4 is 5.32 Å². The van der Waals surface area contributed by atoms with Crippen LogP contribution in [0.25, 0.3) is 5.69 Å². The Bertz CT molecular complexity index is 1070. The van der Waals surface area contributed by atoms with Crippen molar-refractivity contribution in [2.75, 3.05) is 5.75 Å². The van der Waals surface area contributed by atoms with E-state index in [4.69, 9.17) is 0 Å². The highest BCUT2D eigenvalue weighted by molar-refractivity contribution is 7.99. The third-order valence-electron chi connectivity index (χ3n) is 5.80. The van der Waals surface area contributed by atoms with Crippen molar-refractivity contribution in [1.29, 1.82) is 0 Å². The largest absolute Gasteiger partial charge is 0.352 e. The van der Waals surface area contributed by atoms with Crippen molar-refractivity contribution in [3.8, 4) is 5.69 Å². The molecule has 7 nitrogen and oxygen atoms in total. The molecular weight excluding hydrogens is 452 g/mol. The van der Waals surface area contributed by atoms with Gasteiger partial charge in [-0.15, -0.1) is 10.2 Å². The average Bonchev–Trinajstić information content (AvgIpc) is 3.21. The van der Waals surface area contributed by atoms with Crippen LogP contribution in [-0.4, -0.2) is 42.4 Å². The van der Waals surface area contributed by atoms with Crippen molar-refractivity contribution in [1.82, 2.24) is 30.0 Å². The molecule has 4 rings (SSSR count). The predicted octanol–water partition coefficient (Wildman–Crippen LogP) is 4.75. The Morgan fingerprint density at radius 1 is 1.06 bits per heavy atom. The number of amides is 1. The summed E-state index contributed by atoms with van der Waals surface area (Å²) in [6.07, 6.45) is 4.71. The van der Waals surface area contributed by atoms with Crippen LogP contribution in [-0.2, 0) is 10.5 Å². The van der Waals surface area contributed by atoms with Crippen LogP contribution in [0, 0.1) is 19.8 Å². The minimum atomic E-state index is 0.0564. The fourth-order valence-electron chi connectivity index (χ4n) is 4.12. The number of carbonyl (C=O) groups is 1. The zero-order valence-corrected chi connectivity index (χ0v) is 21.0. The fourth-order valence-corrected chi connectivity index (χ4v) is 5.76. The molecule has 2 aromatic heterocycles. The summed E-state index contributed by atoms with van der Waals surface area (Å²) >= 11 is 2.96. The number of rotatable bonds is 8. The van der Waals surface area contributed by atoms with Crippen molar-refractivity contribution < 1.29 is 4.79 Å². The summed E-state index contributed by atoms with van der Waals surface area (Å²) in [6.45, 7) is 6.17. The molecule has 0 unspecified atom stereocenters. The quantitative estimate of drug-likeness (QED) is 0.366. The minimum Gasteiger partial charge on any atom is -0.352 e. The first-order valence-corrected chi connectivity index (χ1v) is 13.3. The van der Waals surface area contributed by atoms with E-state index in [1.165, 1.54) is 42.8 Å². The van der Waals surface area contributed by atoms with Gasteiger partial charge >= 0.3 is 0 Å². The second-order valence-corrected chi connectivity index (χ2v) is 10.4. The monoisotopic (exact) mass is 482 g/mol. The number of para-hydroxylation sites is 1. The molecule has 174 valence electrons. The topological polar surface area (TPSA) is 85.6 Å². The number of thioether (sulfide) groups is 2. The molecule has 0 radical (unpaired) electrons. The van der Waals surface area contributed by atoms with Gasteiger partial charge in [-0.3, -0.25) is 9.36 Å². The third kappa shape index (κ3) is 6.35. The molecule has 1 aliphatic rings. The number of nitrogens with zero attached hydrogens (tertiary/aromatic N) is 5. The van der Waals surface area contributed by atoms with E-state index in [0.717, 1.165) is 34.5 Å². The Morgan fingerprint density at radius 3 is 2.52 bits per heavy atom. The van der Waals surface area contributed by atoms with Crippen molar-refractivity contribution in [2.24, 2.45) is 5.92 Å². The highest BCUT2D eigenvalue weighted by Gasteiger charge is 2.23. The molecular formula is C24H30N6OS2. The molecule has 1 fully saturated rings. The molecule has 0 aliphatic heterocycles. The molecule has 2 atom stereocenters. The van der Waals surface area contributed by atoms with Crippen LogP contribution in [0.5, 0.6) is 0 Å². The first-order chi connectivity index (χ1) is 16.0. The van der Waals surface area contributed by atoms with Crippen molar-refractivity contribution in [3.05, 3.63) is 53.6 Å². The molecule has 1 aromatic carbocycles. The van der Waals surface area contributed by atoms with Gasteiger partial charge < -0.3 is 5.32 Å². The van der Waals surface area contributed by atoms with E-state index in [1.54, 1.807) is 0 Å². The highest BCUT2D eigenvalue weighted by atomic mass is 32.2. The van der Waals surface area contributed by atoms with Gasteiger partial charge in [0, 0.05) is 23.1 Å². The van der Waals surface area contributed by atoms with Gasteiger partial charge in [0.1, 0.15) is 5.82 Å². The second-order valence-electron chi connectivity index (χ2n) is 8.52. The van der Waals surface area contributed by atoms with Crippen molar-refractivity contribution in [2.45, 2.75) is 68.6 Å². The van der Waals surface area contributed by atoms with E-state index in [9.17, 15) is 4.79 Å². The number of aromatic nitrogens is 5. The van der Waals surface area contributed by atoms with Crippen molar-refractivity contribution >= 4 is 29.4 Å². The summed E-state index contributed by atoms with van der Waals surface area (Å²) in [5.74, 6) is 2.30. The maximum absolute atomic E-state index is 12.6. The molecule has 0 spiro atoms. The van der Waals surface area contributed by atoms with Crippen LogP contribution in [0.1, 0.15) is 49.8 Å². The predicted molar refractivity (Wildman–Crippen MR) is 133 cm³/mol. The lowest BCUT2D eigenvalue weighted by molar-refractivity contribution is -0.119. The summed E-state index contributed by atoms with van der Waals surface area (Å²) in [5, 5.41) is 13.5. The van der Waals surface area contributed by atoms with Gasteiger partial charge in [-0.2, -0.15) is 0 Å². The van der Waals surface area contributed by atoms with Crippen LogP contribution >= 0.6 is 23.5 Å². The van der Waals surface area contributed by atoms with Crippen LogP contribution in [0.2, 0.25) is 0 Å². The van der Waals surface area contributed by atoms with E-state index in [0.29, 0.717) is 22.6 Å². The molecule has 33 heavy (non-hydrogen) atoms. The molecule has 3 aromatic rings. The lowest BCUT2D eigenvalue weighted by Gasteiger charge is -2.29.